The lowest BCUT2D eigenvalue weighted by Gasteiger charge is -2.34. The quantitative estimate of drug-likeness (QED) is 0.871. The van der Waals surface area contributed by atoms with Crippen molar-refractivity contribution in [3.05, 3.63) is 28.2 Å². The van der Waals surface area contributed by atoms with E-state index in [-0.39, 0.29) is 12.0 Å². The van der Waals surface area contributed by atoms with Gasteiger partial charge in [0.15, 0.2) is 0 Å². The number of benzene rings is 1. The molecule has 0 spiro atoms. The Labute approximate surface area is 134 Å². The number of rotatable bonds is 6. The highest BCUT2D eigenvalue weighted by Gasteiger charge is 2.28. The maximum atomic E-state index is 11.9. The second-order valence-electron chi connectivity index (χ2n) is 5.44. The van der Waals surface area contributed by atoms with Gasteiger partial charge in [-0.25, -0.2) is 0 Å². The molecule has 21 heavy (non-hydrogen) atoms. The van der Waals surface area contributed by atoms with E-state index < -0.39 is 0 Å². The number of nitrogens with zero attached hydrogens (tertiary/aromatic N) is 1. The maximum absolute atomic E-state index is 11.9. The van der Waals surface area contributed by atoms with Gasteiger partial charge in [-0.05, 0) is 30.9 Å². The van der Waals surface area contributed by atoms with Gasteiger partial charge in [0.25, 0.3) is 0 Å². The van der Waals surface area contributed by atoms with Gasteiger partial charge in [-0.3, -0.25) is 4.79 Å². The van der Waals surface area contributed by atoms with E-state index in [2.05, 4.69) is 0 Å². The molecule has 0 radical (unpaired) electrons. The first-order valence-corrected chi connectivity index (χ1v) is 7.71. The van der Waals surface area contributed by atoms with Crippen LogP contribution in [0.5, 0.6) is 5.75 Å². The molecule has 1 amide bonds. The molecule has 1 aromatic rings. The fraction of sp³-hybridized carbons (Fsp3) is 0.533. The average Bonchev–Trinajstić information content (AvgIpc) is 2.40. The average molecular weight is 332 g/mol. The zero-order chi connectivity index (χ0) is 15.4. The molecule has 2 rings (SSSR count). The monoisotopic (exact) mass is 331 g/mol. The minimum absolute atomic E-state index is 0.0384. The van der Waals surface area contributed by atoms with E-state index in [0.717, 1.165) is 12.8 Å². The summed E-state index contributed by atoms with van der Waals surface area (Å²) in [6.45, 7) is 0.997. The number of ether oxygens (including phenoxy) is 1. The summed E-state index contributed by atoms with van der Waals surface area (Å²) >= 11 is 11.7. The highest BCUT2D eigenvalue weighted by Crippen LogP contribution is 2.28. The van der Waals surface area contributed by atoms with E-state index in [1.54, 1.807) is 30.1 Å². The third-order valence-corrected chi connectivity index (χ3v) is 4.38. The Kier molecular flexibility index (Phi) is 5.73. The molecule has 1 aromatic carbocycles. The predicted octanol–water partition coefficient (Wildman–Crippen LogP) is 2.99. The lowest BCUT2D eigenvalue weighted by Crippen LogP contribution is -2.39. The number of aliphatic hydroxyl groups excluding tert-OH is 1. The van der Waals surface area contributed by atoms with Crippen LogP contribution in [-0.4, -0.2) is 42.2 Å². The maximum Gasteiger partial charge on any atom is 0.225 e. The number of amides is 1. The van der Waals surface area contributed by atoms with Crippen LogP contribution in [0.4, 0.5) is 0 Å². The van der Waals surface area contributed by atoms with Gasteiger partial charge in [0.05, 0.1) is 29.2 Å². The Balaban J connectivity index is 1.69. The highest BCUT2D eigenvalue weighted by molar-refractivity contribution is 6.42. The molecule has 0 saturated heterocycles. The molecule has 4 nitrogen and oxygen atoms in total. The van der Waals surface area contributed by atoms with Crippen LogP contribution in [0.1, 0.15) is 19.3 Å². The lowest BCUT2D eigenvalue weighted by atomic mass is 9.82. The van der Waals surface area contributed by atoms with Crippen LogP contribution in [0.2, 0.25) is 10.0 Å². The molecule has 1 saturated carbocycles. The van der Waals surface area contributed by atoms with E-state index in [0.29, 0.717) is 41.3 Å². The predicted molar refractivity (Wildman–Crippen MR) is 82.9 cm³/mol. The van der Waals surface area contributed by atoms with Crippen molar-refractivity contribution in [3.8, 4) is 5.75 Å². The molecule has 0 atom stereocenters. The molecule has 1 aliphatic carbocycles. The van der Waals surface area contributed by atoms with Gasteiger partial charge < -0.3 is 14.7 Å². The van der Waals surface area contributed by atoms with Crippen molar-refractivity contribution in [2.75, 3.05) is 20.2 Å². The van der Waals surface area contributed by atoms with Crippen molar-refractivity contribution < 1.29 is 14.6 Å². The summed E-state index contributed by atoms with van der Waals surface area (Å²) < 4.78 is 5.49. The molecule has 1 fully saturated rings. The Hall–Kier alpha value is -0.970. The topological polar surface area (TPSA) is 49.8 Å². The summed E-state index contributed by atoms with van der Waals surface area (Å²) in [5.41, 5.74) is 0. The number of carbonyl (C=O) groups excluding carboxylic acids is 1. The lowest BCUT2D eigenvalue weighted by molar-refractivity contribution is -0.132. The molecule has 116 valence electrons. The Morgan fingerprint density at radius 3 is 2.71 bits per heavy atom. The minimum Gasteiger partial charge on any atom is -0.493 e. The fourth-order valence-corrected chi connectivity index (χ4v) is 2.64. The molecule has 0 unspecified atom stereocenters. The third kappa shape index (κ3) is 4.77. The van der Waals surface area contributed by atoms with Crippen LogP contribution in [0.15, 0.2) is 18.2 Å². The third-order valence-electron chi connectivity index (χ3n) is 3.64. The molecule has 6 heteroatoms. The van der Waals surface area contributed by atoms with Crippen LogP contribution >= 0.6 is 23.2 Å². The zero-order valence-electron chi connectivity index (χ0n) is 11.9. The van der Waals surface area contributed by atoms with Crippen molar-refractivity contribution in [1.29, 1.82) is 0 Å². The van der Waals surface area contributed by atoms with Crippen molar-refractivity contribution >= 4 is 29.1 Å². The smallest absolute Gasteiger partial charge is 0.225 e. The first-order valence-electron chi connectivity index (χ1n) is 6.95. The molecular formula is C15H19Cl2NO3. The molecule has 1 aliphatic rings. The largest absolute Gasteiger partial charge is 0.493 e. The number of aliphatic hydroxyl groups is 1. The first kappa shape index (κ1) is 16.4. The molecule has 0 heterocycles. The number of carbonyl (C=O) groups is 1. The Morgan fingerprint density at radius 1 is 1.38 bits per heavy atom. The van der Waals surface area contributed by atoms with Crippen LogP contribution in [-0.2, 0) is 4.79 Å². The van der Waals surface area contributed by atoms with E-state index in [1.807, 2.05) is 0 Å². The number of halogens is 2. The Morgan fingerprint density at radius 2 is 2.10 bits per heavy atom. The fourth-order valence-electron chi connectivity index (χ4n) is 2.35. The van der Waals surface area contributed by atoms with E-state index in [9.17, 15) is 9.90 Å². The van der Waals surface area contributed by atoms with Crippen molar-refractivity contribution in [1.82, 2.24) is 4.90 Å². The summed E-state index contributed by atoms with van der Waals surface area (Å²) in [6, 6.07) is 5.01. The van der Waals surface area contributed by atoms with Gasteiger partial charge in [0.2, 0.25) is 5.91 Å². The second kappa shape index (κ2) is 7.34. The standard InChI is InChI=1S/C15H19Cl2NO3/c1-18(9-10-6-11(19)7-10)15(20)4-5-21-12-2-3-13(16)14(17)8-12/h2-3,8,10-11,19H,4-7,9H2,1H3. The van der Waals surface area contributed by atoms with E-state index >= 15 is 0 Å². The van der Waals surface area contributed by atoms with Crippen LogP contribution < -0.4 is 4.74 Å². The SMILES string of the molecule is CN(CC1CC(O)C1)C(=O)CCOc1ccc(Cl)c(Cl)c1. The van der Waals surface area contributed by atoms with Crippen LogP contribution in [0, 0.1) is 5.92 Å². The molecule has 0 bridgehead atoms. The first-order chi connectivity index (χ1) is 9.95. The second-order valence-corrected chi connectivity index (χ2v) is 6.25. The van der Waals surface area contributed by atoms with E-state index in [4.69, 9.17) is 27.9 Å². The molecular weight excluding hydrogens is 313 g/mol. The minimum atomic E-state index is -0.184. The molecule has 0 aromatic heterocycles. The summed E-state index contributed by atoms with van der Waals surface area (Å²) in [5, 5.41) is 10.1. The van der Waals surface area contributed by atoms with Crippen molar-refractivity contribution in [2.45, 2.75) is 25.4 Å². The van der Waals surface area contributed by atoms with Crippen LogP contribution in [0.3, 0.4) is 0 Å². The summed E-state index contributed by atoms with van der Waals surface area (Å²) in [5.74, 6) is 1.06. The highest BCUT2D eigenvalue weighted by atomic mass is 35.5. The van der Waals surface area contributed by atoms with Gasteiger partial charge in [-0.1, -0.05) is 23.2 Å². The molecule has 0 aliphatic heterocycles. The van der Waals surface area contributed by atoms with Gasteiger partial charge in [-0.15, -0.1) is 0 Å². The van der Waals surface area contributed by atoms with Gasteiger partial charge in [-0.2, -0.15) is 0 Å². The summed E-state index contributed by atoms with van der Waals surface area (Å²) in [4.78, 5) is 13.7. The summed E-state index contributed by atoms with van der Waals surface area (Å²) in [6.07, 6.45) is 1.71. The number of hydrogen-bond donors (Lipinski definition) is 1. The van der Waals surface area contributed by atoms with Gasteiger partial charge in [0, 0.05) is 19.7 Å². The summed E-state index contributed by atoms with van der Waals surface area (Å²) in [7, 11) is 1.78. The van der Waals surface area contributed by atoms with Gasteiger partial charge >= 0.3 is 0 Å². The normalized spacial score (nSPS) is 20.8. The van der Waals surface area contributed by atoms with Crippen LogP contribution in [0.25, 0.3) is 0 Å². The van der Waals surface area contributed by atoms with E-state index in [1.165, 1.54) is 0 Å². The Bertz CT molecular complexity index is 504. The number of hydrogen-bond acceptors (Lipinski definition) is 3. The molecule has 1 N–H and O–H groups in total. The van der Waals surface area contributed by atoms with Gasteiger partial charge in [0.1, 0.15) is 5.75 Å². The van der Waals surface area contributed by atoms with Crippen molar-refractivity contribution in [2.24, 2.45) is 5.92 Å². The zero-order valence-corrected chi connectivity index (χ0v) is 13.4. The van der Waals surface area contributed by atoms with Crippen molar-refractivity contribution in [3.63, 3.8) is 0 Å².